The maximum absolute atomic E-state index is 12.8. The van der Waals surface area contributed by atoms with Crippen LogP contribution in [0.1, 0.15) is 42.5 Å². The predicted octanol–water partition coefficient (Wildman–Crippen LogP) is 2.73. The van der Waals surface area contributed by atoms with Crippen molar-refractivity contribution in [3.05, 3.63) is 48.5 Å². The SMILES string of the molecule is CN(C(=O)c1ccc(-n2ccnc2)cc1)C1(C(=O)O)CCCCC1. The summed E-state index contributed by atoms with van der Waals surface area (Å²) in [6.45, 7) is 0. The number of aromatic nitrogens is 2. The van der Waals surface area contributed by atoms with Gasteiger partial charge in [-0.1, -0.05) is 19.3 Å². The van der Waals surface area contributed by atoms with Gasteiger partial charge < -0.3 is 14.6 Å². The number of nitrogens with zero attached hydrogens (tertiary/aromatic N) is 3. The van der Waals surface area contributed by atoms with Gasteiger partial charge in [0.1, 0.15) is 5.54 Å². The molecular weight excluding hydrogens is 306 g/mol. The number of hydrogen-bond donors (Lipinski definition) is 1. The van der Waals surface area contributed by atoms with Gasteiger partial charge in [0.2, 0.25) is 0 Å². The first-order valence-electron chi connectivity index (χ1n) is 8.14. The lowest BCUT2D eigenvalue weighted by atomic mass is 9.80. The van der Waals surface area contributed by atoms with E-state index in [0.717, 1.165) is 24.9 Å². The lowest BCUT2D eigenvalue weighted by Crippen LogP contribution is -2.56. The quantitative estimate of drug-likeness (QED) is 0.937. The van der Waals surface area contributed by atoms with Crippen molar-refractivity contribution in [3.63, 3.8) is 0 Å². The van der Waals surface area contributed by atoms with E-state index in [4.69, 9.17) is 0 Å². The normalized spacial score (nSPS) is 16.5. The van der Waals surface area contributed by atoms with E-state index in [0.29, 0.717) is 18.4 Å². The first kappa shape index (κ1) is 16.2. The highest BCUT2D eigenvalue weighted by Crippen LogP contribution is 2.34. The maximum Gasteiger partial charge on any atom is 0.329 e. The van der Waals surface area contributed by atoms with Gasteiger partial charge in [-0.05, 0) is 37.1 Å². The van der Waals surface area contributed by atoms with Crippen LogP contribution < -0.4 is 0 Å². The maximum atomic E-state index is 12.8. The summed E-state index contributed by atoms with van der Waals surface area (Å²) in [5.74, 6) is -1.16. The van der Waals surface area contributed by atoms with Gasteiger partial charge in [-0.2, -0.15) is 0 Å². The molecule has 0 aliphatic heterocycles. The molecule has 1 aliphatic carbocycles. The van der Waals surface area contributed by atoms with E-state index >= 15 is 0 Å². The van der Waals surface area contributed by atoms with Crippen LogP contribution in [0.3, 0.4) is 0 Å². The molecule has 1 amide bonds. The number of amides is 1. The Morgan fingerprint density at radius 2 is 1.83 bits per heavy atom. The first-order chi connectivity index (χ1) is 11.5. The minimum absolute atomic E-state index is 0.253. The predicted molar refractivity (Wildman–Crippen MR) is 89.1 cm³/mol. The molecule has 1 aromatic carbocycles. The van der Waals surface area contributed by atoms with E-state index in [1.807, 2.05) is 22.9 Å². The van der Waals surface area contributed by atoms with Crippen molar-refractivity contribution < 1.29 is 14.7 Å². The number of aliphatic carboxylic acids is 1. The minimum Gasteiger partial charge on any atom is -0.479 e. The van der Waals surface area contributed by atoms with Gasteiger partial charge in [0.15, 0.2) is 0 Å². The lowest BCUT2D eigenvalue weighted by molar-refractivity contribution is -0.151. The summed E-state index contributed by atoms with van der Waals surface area (Å²) in [6, 6.07) is 7.12. The third kappa shape index (κ3) is 2.79. The molecule has 1 saturated carbocycles. The van der Waals surface area contributed by atoms with E-state index in [1.165, 1.54) is 4.90 Å². The zero-order valence-corrected chi connectivity index (χ0v) is 13.7. The Kier molecular flexibility index (Phi) is 4.38. The van der Waals surface area contributed by atoms with Gasteiger partial charge in [0, 0.05) is 30.7 Å². The van der Waals surface area contributed by atoms with Crippen LogP contribution in [0, 0.1) is 0 Å². The number of hydrogen-bond acceptors (Lipinski definition) is 3. The van der Waals surface area contributed by atoms with E-state index in [2.05, 4.69) is 4.98 Å². The van der Waals surface area contributed by atoms with Crippen molar-refractivity contribution in [1.82, 2.24) is 14.5 Å². The Bertz CT molecular complexity index is 716. The molecule has 1 aromatic heterocycles. The second kappa shape index (κ2) is 6.47. The molecule has 1 N–H and O–H groups in total. The molecule has 1 aliphatic rings. The van der Waals surface area contributed by atoms with Crippen molar-refractivity contribution in [1.29, 1.82) is 0 Å². The number of imidazole rings is 1. The van der Waals surface area contributed by atoms with Crippen LogP contribution in [0.15, 0.2) is 43.0 Å². The minimum atomic E-state index is -1.08. The number of rotatable bonds is 4. The molecule has 0 atom stereocenters. The average molecular weight is 327 g/mol. The van der Waals surface area contributed by atoms with Crippen molar-refractivity contribution in [2.75, 3.05) is 7.05 Å². The van der Waals surface area contributed by atoms with E-state index in [1.54, 1.807) is 31.7 Å². The molecule has 0 unspecified atom stereocenters. The van der Waals surface area contributed by atoms with Crippen molar-refractivity contribution in [2.45, 2.75) is 37.6 Å². The molecular formula is C18H21N3O3. The van der Waals surface area contributed by atoms with Gasteiger partial charge >= 0.3 is 5.97 Å². The Morgan fingerprint density at radius 1 is 1.17 bits per heavy atom. The molecule has 1 heterocycles. The second-order valence-corrected chi connectivity index (χ2v) is 6.28. The summed E-state index contributed by atoms with van der Waals surface area (Å²) in [4.78, 5) is 30.1. The highest BCUT2D eigenvalue weighted by Gasteiger charge is 2.45. The summed E-state index contributed by atoms with van der Waals surface area (Å²) in [7, 11) is 1.60. The molecule has 6 heteroatoms. The van der Waals surface area contributed by atoms with Gasteiger partial charge in [-0.25, -0.2) is 9.78 Å². The fraction of sp³-hybridized carbons (Fsp3) is 0.389. The monoisotopic (exact) mass is 327 g/mol. The number of benzene rings is 1. The number of carboxylic acids is 1. The highest BCUT2D eigenvalue weighted by atomic mass is 16.4. The summed E-state index contributed by atoms with van der Waals surface area (Å²) >= 11 is 0. The molecule has 3 rings (SSSR count). The smallest absolute Gasteiger partial charge is 0.329 e. The van der Waals surface area contributed by atoms with Crippen LogP contribution in [-0.2, 0) is 4.79 Å². The summed E-state index contributed by atoms with van der Waals surface area (Å²) < 4.78 is 1.85. The fourth-order valence-electron chi connectivity index (χ4n) is 3.41. The molecule has 1 fully saturated rings. The molecule has 2 aromatic rings. The second-order valence-electron chi connectivity index (χ2n) is 6.28. The Balaban J connectivity index is 1.83. The van der Waals surface area contributed by atoms with Gasteiger partial charge in [0.05, 0.1) is 6.33 Å². The summed E-state index contributed by atoms with van der Waals surface area (Å²) in [5.41, 5.74) is 0.308. The van der Waals surface area contributed by atoms with Gasteiger partial charge in [-0.15, -0.1) is 0 Å². The third-order valence-corrected chi connectivity index (χ3v) is 4.94. The molecule has 0 spiro atoms. The molecule has 126 valence electrons. The van der Waals surface area contributed by atoms with Crippen LogP contribution in [0.4, 0.5) is 0 Å². The molecule has 0 bridgehead atoms. The van der Waals surface area contributed by atoms with Gasteiger partial charge in [-0.3, -0.25) is 4.79 Å². The molecule has 0 radical (unpaired) electrons. The average Bonchev–Trinajstić information content (AvgIpc) is 3.15. The summed E-state index contributed by atoms with van der Waals surface area (Å²) in [6.07, 6.45) is 8.92. The van der Waals surface area contributed by atoms with E-state index < -0.39 is 11.5 Å². The van der Waals surface area contributed by atoms with Crippen LogP contribution in [0.25, 0.3) is 5.69 Å². The van der Waals surface area contributed by atoms with E-state index in [-0.39, 0.29) is 5.91 Å². The van der Waals surface area contributed by atoms with Crippen LogP contribution in [0.5, 0.6) is 0 Å². The highest BCUT2D eigenvalue weighted by molar-refractivity contribution is 5.97. The third-order valence-electron chi connectivity index (χ3n) is 4.94. The first-order valence-corrected chi connectivity index (χ1v) is 8.14. The van der Waals surface area contributed by atoms with Crippen molar-refractivity contribution >= 4 is 11.9 Å². The van der Waals surface area contributed by atoms with Crippen LogP contribution in [0.2, 0.25) is 0 Å². The van der Waals surface area contributed by atoms with Crippen LogP contribution >= 0.6 is 0 Å². The van der Waals surface area contributed by atoms with Crippen molar-refractivity contribution in [2.24, 2.45) is 0 Å². The Labute approximate surface area is 140 Å². The fourth-order valence-corrected chi connectivity index (χ4v) is 3.41. The standard InChI is InChI=1S/C18H21N3O3/c1-20(18(17(23)24)9-3-2-4-10-18)16(22)14-5-7-15(8-6-14)21-12-11-19-13-21/h5-8,11-13H,2-4,9-10H2,1H3,(H,23,24). The zero-order chi connectivity index (χ0) is 17.2. The zero-order valence-electron chi connectivity index (χ0n) is 13.7. The topological polar surface area (TPSA) is 75.4 Å². The summed E-state index contributed by atoms with van der Waals surface area (Å²) in [5, 5.41) is 9.72. The molecule has 24 heavy (non-hydrogen) atoms. The number of carbonyl (C=O) groups is 2. The molecule has 0 saturated heterocycles. The number of carboxylic acid groups (broad SMARTS) is 1. The van der Waals surface area contributed by atoms with Crippen LogP contribution in [-0.4, -0.2) is 44.0 Å². The van der Waals surface area contributed by atoms with E-state index in [9.17, 15) is 14.7 Å². The largest absolute Gasteiger partial charge is 0.479 e. The van der Waals surface area contributed by atoms with Gasteiger partial charge in [0.25, 0.3) is 5.91 Å². The van der Waals surface area contributed by atoms with Crippen molar-refractivity contribution in [3.8, 4) is 5.69 Å². The Hall–Kier alpha value is -2.63. The Morgan fingerprint density at radius 3 is 2.38 bits per heavy atom. The number of likely N-dealkylation sites (N-methyl/N-ethyl adjacent to an activating group) is 1. The number of carbonyl (C=O) groups excluding carboxylic acids is 1. The lowest BCUT2D eigenvalue weighted by Gasteiger charge is -2.41. The molecule has 6 nitrogen and oxygen atoms in total.